The molecule has 2 aromatic rings. The van der Waals surface area contributed by atoms with E-state index < -0.39 is 10.0 Å². The predicted octanol–water partition coefficient (Wildman–Crippen LogP) is 3.60. The van der Waals surface area contributed by atoms with E-state index >= 15 is 0 Å². The molecule has 0 bridgehead atoms. The Hall–Kier alpha value is -1.79. The molecule has 0 radical (unpaired) electrons. The minimum absolute atomic E-state index is 0.315. The largest absolute Gasteiger partial charge is 0.280 e. The molecule has 1 heterocycles. The summed E-state index contributed by atoms with van der Waals surface area (Å²) in [4.78, 5) is 0. The van der Waals surface area contributed by atoms with Crippen LogP contribution in [0.2, 0.25) is 5.02 Å². The second-order valence-corrected chi connectivity index (χ2v) is 7.53. The van der Waals surface area contributed by atoms with E-state index in [1.54, 1.807) is 30.3 Å². The smallest absolute Gasteiger partial charge is 0.256 e. The number of hydrogen-bond donors (Lipinski definition) is 2. The van der Waals surface area contributed by atoms with Gasteiger partial charge in [0, 0.05) is 22.7 Å². The Kier molecular flexibility index (Phi) is 3.97. The van der Waals surface area contributed by atoms with E-state index in [4.69, 9.17) is 11.6 Å². The van der Waals surface area contributed by atoms with Gasteiger partial charge in [0.15, 0.2) is 5.82 Å². The first-order chi connectivity index (χ1) is 10.4. The predicted molar refractivity (Wildman–Crippen MR) is 88.1 cm³/mol. The summed E-state index contributed by atoms with van der Waals surface area (Å²) in [7, 11) is -3.59. The van der Waals surface area contributed by atoms with E-state index in [9.17, 15) is 8.42 Å². The third-order valence-corrected chi connectivity index (χ3v) is 4.90. The maximum atomic E-state index is 12.0. The topological polar surface area (TPSA) is 74.8 Å². The molecular weight excluding hydrogens is 322 g/mol. The van der Waals surface area contributed by atoms with Gasteiger partial charge in [-0.2, -0.15) is 5.10 Å². The van der Waals surface area contributed by atoms with E-state index in [0.717, 1.165) is 23.1 Å². The molecule has 3 rings (SSSR count). The van der Waals surface area contributed by atoms with Crippen LogP contribution in [0.5, 0.6) is 0 Å². The Morgan fingerprint density at radius 2 is 2.05 bits per heavy atom. The number of H-pyrrole nitrogens is 1. The molecular formula is C15H16ClN3O2S. The average molecular weight is 338 g/mol. The number of nitrogens with zero attached hydrogens (tertiary/aromatic N) is 1. The van der Waals surface area contributed by atoms with Crippen molar-refractivity contribution in [2.75, 3.05) is 4.72 Å². The molecule has 7 heteroatoms. The first kappa shape index (κ1) is 15.1. The van der Waals surface area contributed by atoms with Gasteiger partial charge in [0.25, 0.3) is 10.0 Å². The monoisotopic (exact) mass is 337 g/mol. The van der Waals surface area contributed by atoms with Gasteiger partial charge in [-0.3, -0.25) is 9.82 Å². The zero-order valence-corrected chi connectivity index (χ0v) is 13.5. The molecule has 5 nitrogen and oxygen atoms in total. The van der Waals surface area contributed by atoms with Gasteiger partial charge in [0.2, 0.25) is 0 Å². The Morgan fingerprint density at radius 1 is 1.36 bits per heavy atom. The summed E-state index contributed by atoms with van der Waals surface area (Å²) in [6.07, 6.45) is 2.63. The third kappa shape index (κ3) is 3.69. The molecule has 2 N–H and O–H groups in total. The highest BCUT2D eigenvalue weighted by atomic mass is 35.5. The second kappa shape index (κ2) is 5.78. The number of sulfonamides is 1. The standard InChI is InChI=1S/C15H16ClN3O2S/c1-10-8-13(10)14-9-15(18-17-14)19-22(20,21)7-6-11-2-4-12(16)5-3-11/h2-7,9-10,13H,8H2,1H3,(H2,17,18,19)/b7-6+. The molecule has 22 heavy (non-hydrogen) atoms. The van der Waals surface area contributed by atoms with Crippen molar-refractivity contribution in [3.63, 3.8) is 0 Å². The van der Waals surface area contributed by atoms with Crippen LogP contribution in [0, 0.1) is 5.92 Å². The summed E-state index contributed by atoms with van der Waals surface area (Å²) in [5.41, 5.74) is 1.73. The number of nitrogens with one attached hydrogen (secondary N) is 2. The highest BCUT2D eigenvalue weighted by Crippen LogP contribution is 2.46. The zero-order chi connectivity index (χ0) is 15.7. The lowest BCUT2D eigenvalue weighted by Gasteiger charge is -1.99. The van der Waals surface area contributed by atoms with E-state index in [-0.39, 0.29) is 0 Å². The second-order valence-electron chi connectivity index (χ2n) is 5.53. The van der Waals surface area contributed by atoms with Crippen LogP contribution in [0.1, 0.15) is 30.5 Å². The van der Waals surface area contributed by atoms with Crippen LogP contribution in [0.4, 0.5) is 5.82 Å². The van der Waals surface area contributed by atoms with Crippen molar-refractivity contribution in [2.45, 2.75) is 19.3 Å². The fourth-order valence-corrected chi connectivity index (χ4v) is 3.18. The van der Waals surface area contributed by atoms with E-state index in [0.29, 0.717) is 22.7 Å². The van der Waals surface area contributed by atoms with Crippen molar-refractivity contribution in [3.8, 4) is 0 Å². The SMILES string of the molecule is CC1CC1c1cc(NS(=O)(=O)/C=C/c2ccc(Cl)cc2)n[nH]1. The van der Waals surface area contributed by atoms with Crippen LogP contribution in [0.25, 0.3) is 6.08 Å². The number of rotatable bonds is 5. The number of halogens is 1. The molecule has 1 saturated carbocycles. The highest BCUT2D eigenvalue weighted by molar-refractivity contribution is 7.95. The molecule has 1 fully saturated rings. The van der Waals surface area contributed by atoms with Gasteiger partial charge >= 0.3 is 0 Å². The van der Waals surface area contributed by atoms with E-state index in [2.05, 4.69) is 21.8 Å². The Labute approximate surface area is 134 Å². The van der Waals surface area contributed by atoms with Gasteiger partial charge in [-0.1, -0.05) is 30.7 Å². The molecule has 2 atom stereocenters. The zero-order valence-electron chi connectivity index (χ0n) is 12.0. The summed E-state index contributed by atoms with van der Waals surface area (Å²) in [5, 5.41) is 8.61. The minimum atomic E-state index is -3.59. The molecule has 1 aromatic carbocycles. The number of aromatic nitrogens is 2. The molecule has 0 spiro atoms. The van der Waals surface area contributed by atoms with Crippen molar-refractivity contribution in [3.05, 3.63) is 52.0 Å². The van der Waals surface area contributed by atoms with Crippen molar-refractivity contribution in [1.29, 1.82) is 0 Å². The number of anilines is 1. The highest BCUT2D eigenvalue weighted by Gasteiger charge is 2.35. The molecule has 1 aromatic heterocycles. The fraction of sp³-hybridized carbons (Fsp3) is 0.267. The first-order valence-electron chi connectivity index (χ1n) is 6.95. The van der Waals surface area contributed by atoms with E-state index in [1.165, 1.54) is 6.08 Å². The van der Waals surface area contributed by atoms with Crippen molar-refractivity contribution >= 4 is 33.5 Å². The van der Waals surface area contributed by atoms with Crippen molar-refractivity contribution in [2.24, 2.45) is 5.92 Å². The lowest BCUT2D eigenvalue weighted by atomic mass is 10.2. The van der Waals surface area contributed by atoms with Gasteiger partial charge < -0.3 is 0 Å². The van der Waals surface area contributed by atoms with E-state index in [1.807, 2.05) is 0 Å². The quantitative estimate of drug-likeness (QED) is 0.875. The van der Waals surface area contributed by atoms with Crippen molar-refractivity contribution in [1.82, 2.24) is 10.2 Å². The molecule has 0 amide bonds. The van der Waals surface area contributed by atoms with Gasteiger partial charge in [-0.05, 0) is 36.1 Å². The molecule has 0 saturated heterocycles. The number of benzene rings is 1. The van der Waals surface area contributed by atoms with Gasteiger partial charge in [-0.25, -0.2) is 8.42 Å². The van der Waals surface area contributed by atoms with Crippen LogP contribution in [-0.2, 0) is 10.0 Å². The summed E-state index contributed by atoms with van der Waals surface area (Å²) in [6.45, 7) is 2.16. The molecule has 0 aliphatic heterocycles. The maximum absolute atomic E-state index is 12.0. The summed E-state index contributed by atoms with van der Waals surface area (Å²) in [5.74, 6) is 1.42. The average Bonchev–Trinajstić information content (AvgIpc) is 3.02. The first-order valence-corrected chi connectivity index (χ1v) is 8.87. The fourth-order valence-electron chi connectivity index (χ4n) is 2.26. The van der Waals surface area contributed by atoms with Gasteiger partial charge in [0.05, 0.1) is 5.41 Å². The maximum Gasteiger partial charge on any atom is 0.256 e. The van der Waals surface area contributed by atoms with Crippen LogP contribution in [-0.4, -0.2) is 18.6 Å². The normalized spacial score (nSPS) is 21.2. The molecule has 1 aliphatic carbocycles. The number of hydrogen-bond acceptors (Lipinski definition) is 3. The third-order valence-electron chi connectivity index (χ3n) is 3.66. The Balaban J connectivity index is 1.67. The van der Waals surface area contributed by atoms with Crippen LogP contribution in [0.15, 0.2) is 35.7 Å². The summed E-state index contributed by atoms with van der Waals surface area (Å²) < 4.78 is 26.5. The lowest BCUT2D eigenvalue weighted by molar-refractivity contribution is 0.609. The van der Waals surface area contributed by atoms with Crippen LogP contribution < -0.4 is 4.72 Å². The molecule has 2 unspecified atom stereocenters. The molecule has 1 aliphatic rings. The molecule has 116 valence electrons. The van der Waals surface area contributed by atoms with Crippen molar-refractivity contribution < 1.29 is 8.42 Å². The van der Waals surface area contributed by atoms with Gasteiger partial charge in [-0.15, -0.1) is 0 Å². The minimum Gasteiger partial charge on any atom is -0.280 e. The summed E-state index contributed by atoms with van der Waals surface area (Å²) in [6, 6.07) is 8.66. The van der Waals surface area contributed by atoms with Gasteiger partial charge in [0.1, 0.15) is 0 Å². The summed E-state index contributed by atoms with van der Waals surface area (Å²) >= 11 is 5.79. The van der Waals surface area contributed by atoms with Crippen LogP contribution >= 0.6 is 11.6 Å². The Bertz CT molecular complexity index is 796. The van der Waals surface area contributed by atoms with Crippen LogP contribution in [0.3, 0.4) is 0 Å². The Morgan fingerprint density at radius 3 is 2.68 bits per heavy atom. The lowest BCUT2D eigenvalue weighted by Crippen LogP contribution is -2.09. The number of aromatic amines is 1.